The van der Waals surface area contributed by atoms with Crippen molar-refractivity contribution >= 4 is 28.3 Å². The molecule has 2 aromatic heterocycles. The number of nitrogens with one attached hydrogen (secondary N) is 2. The Kier molecular flexibility index (Phi) is 5.14. The quantitative estimate of drug-likeness (QED) is 0.483. The van der Waals surface area contributed by atoms with Crippen molar-refractivity contribution in [1.29, 1.82) is 5.26 Å². The average Bonchev–Trinajstić information content (AvgIpc) is 3.19. The number of rotatable bonds is 3. The lowest BCUT2D eigenvalue weighted by atomic mass is 9.92. The zero-order chi connectivity index (χ0) is 22.0. The molecule has 0 saturated heterocycles. The molecule has 0 aliphatic heterocycles. The molecule has 2 heterocycles. The van der Waals surface area contributed by atoms with Gasteiger partial charge in [-0.2, -0.15) is 10.4 Å². The number of aromatic nitrogens is 3. The zero-order valence-corrected chi connectivity index (χ0v) is 17.5. The van der Waals surface area contributed by atoms with Gasteiger partial charge in [-0.15, -0.1) is 0 Å². The SMILES string of the molecule is CC(C)(C)c1cc(NC(=O)Nc2ccc(C#N)c3ccccc23)n(-c2cccnc2)n1. The number of nitriles is 1. The van der Waals surface area contributed by atoms with Gasteiger partial charge in [0, 0.05) is 28.5 Å². The summed E-state index contributed by atoms with van der Waals surface area (Å²) in [5.74, 6) is 0.536. The summed E-state index contributed by atoms with van der Waals surface area (Å²) in [6.07, 6.45) is 3.38. The average molecular weight is 410 g/mol. The molecule has 0 aliphatic carbocycles. The second-order valence-corrected chi connectivity index (χ2v) is 8.19. The van der Waals surface area contributed by atoms with E-state index in [1.54, 1.807) is 29.2 Å². The topological polar surface area (TPSA) is 95.6 Å². The number of fused-ring (bicyclic) bond motifs is 1. The van der Waals surface area contributed by atoms with Crippen molar-refractivity contribution in [1.82, 2.24) is 14.8 Å². The van der Waals surface area contributed by atoms with Gasteiger partial charge in [-0.25, -0.2) is 9.48 Å². The van der Waals surface area contributed by atoms with E-state index in [0.717, 1.165) is 22.2 Å². The molecule has 0 spiro atoms. The van der Waals surface area contributed by atoms with Gasteiger partial charge in [0.05, 0.1) is 34.9 Å². The Labute approximate surface area is 180 Å². The predicted octanol–water partition coefficient (Wildman–Crippen LogP) is 5.23. The van der Waals surface area contributed by atoms with Crippen molar-refractivity contribution in [2.75, 3.05) is 10.6 Å². The molecule has 7 nitrogen and oxygen atoms in total. The van der Waals surface area contributed by atoms with Gasteiger partial charge in [0.25, 0.3) is 0 Å². The molecule has 31 heavy (non-hydrogen) atoms. The van der Waals surface area contributed by atoms with Crippen molar-refractivity contribution in [3.63, 3.8) is 0 Å². The number of nitrogens with zero attached hydrogens (tertiary/aromatic N) is 4. The highest BCUT2D eigenvalue weighted by Crippen LogP contribution is 2.28. The summed E-state index contributed by atoms with van der Waals surface area (Å²) in [6.45, 7) is 6.20. The van der Waals surface area contributed by atoms with E-state index in [1.165, 1.54) is 0 Å². The molecule has 2 amide bonds. The molecule has 154 valence electrons. The molecular weight excluding hydrogens is 388 g/mol. The number of anilines is 2. The lowest BCUT2D eigenvalue weighted by Gasteiger charge is -2.14. The van der Waals surface area contributed by atoms with Gasteiger partial charge < -0.3 is 5.32 Å². The summed E-state index contributed by atoms with van der Waals surface area (Å²) in [7, 11) is 0. The molecule has 7 heteroatoms. The van der Waals surface area contributed by atoms with Crippen LogP contribution in [0.3, 0.4) is 0 Å². The molecule has 2 N–H and O–H groups in total. The van der Waals surface area contributed by atoms with Gasteiger partial charge >= 0.3 is 6.03 Å². The van der Waals surface area contributed by atoms with Crippen LogP contribution >= 0.6 is 0 Å². The van der Waals surface area contributed by atoms with Crippen molar-refractivity contribution in [3.05, 3.63) is 78.2 Å². The lowest BCUT2D eigenvalue weighted by Crippen LogP contribution is -2.21. The Morgan fingerprint density at radius 1 is 1.03 bits per heavy atom. The summed E-state index contributed by atoms with van der Waals surface area (Å²) < 4.78 is 1.67. The van der Waals surface area contributed by atoms with Crippen molar-refractivity contribution in [2.24, 2.45) is 0 Å². The first-order valence-corrected chi connectivity index (χ1v) is 9.87. The second kappa shape index (κ2) is 7.92. The van der Waals surface area contributed by atoms with Crippen LogP contribution in [0.2, 0.25) is 0 Å². The fraction of sp³-hybridized carbons (Fsp3) is 0.167. The fourth-order valence-electron chi connectivity index (χ4n) is 3.29. The molecule has 0 radical (unpaired) electrons. The Bertz CT molecular complexity index is 1300. The first kappa shape index (κ1) is 20.1. The minimum Gasteiger partial charge on any atom is -0.307 e. The third-order valence-corrected chi connectivity index (χ3v) is 4.90. The van der Waals surface area contributed by atoms with E-state index in [4.69, 9.17) is 0 Å². The summed E-state index contributed by atoms with van der Waals surface area (Å²) in [5.41, 5.74) is 2.58. The highest BCUT2D eigenvalue weighted by Gasteiger charge is 2.21. The van der Waals surface area contributed by atoms with Gasteiger partial charge in [0.1, 0.15) is 5.82 Å². The molecule has 0 fully saturated rings. The molecule has 0 atom stereocenters. The number of urea groups is 1. The van der Waals surface area contributed by atoms with Crippen molar-refractivity contribution in [2.45, 2.75) is 26.2 Å². The van der Waals surface area contributed by atoms with Gasteiger partial charge in [-0.05, 0) is 24.3 Å². The van der Waals surface area contributed by atoms with Gasteiger partial charge in [0.15, 0.2) is 0 Å². The number of carbonyl (C=O) groups is 1. The minimum absolute atomic E-state index is 0.191. The van der Waals surface area contributed by atoms with Gasteiger partial charge in [0.2, 0.25) is 0 Å². The first-order chi connectivity index (χ1) is 14.9. The fourth-order valence-corrected chi connectivity index (χ4v) is 3.29. The van der Waals surface area contributed by atoms with E-state index in [-0.39, 0.29) is 5.41 Å². The van der Waals surface area contributed by atoms with E-state index in [9.17, 15) is 10.1 Å². The summed E-state index contributed by atoms with van der Waals surface area (Å²) in [6, 6.07) is 18.3. The van der Waals surface area contributed by atoms with Crippen LogP contribution in [0, 0.1) is 11.3 Å². The maximum atomic E-state index is 12.9. The molecule has 0 unspecified atom stereocenters. The Hall–Kier alpha value is -4.18. The van der Waals surface area contributed by atoms with Gasteiger partial charge in [-0.1, -0.05) is 45.0 Å². The number of hydrogen-bond donors (Lipinski definition) is 2. The van der Waals surface area contributed by atoms with E-state index >= 15 is 0 Å². The van der Waals surface area contributed by atoms with Crippen molar-refractivity contribution < 1.29 is 4.79 Å². The maximum absolute atomic E-state index is 12.9. The minimum atomic E-state index is -0.402. The number of benzene rings is 2. The summed E-state index contributed by atoms with van der Waals surface area (Å²) in [4.78, 5) is 17.0. The third-order valence-electron chi connectivity index (χ3n) is 4.90. The van der Waals surface area contributed by atoms with Crippen LogP contribution < -0.4 is 10.6 Å². The van der Waals surface area contributed by atoms with Crippen LogP contribution in [0.15, 0.2) is 67.0 Å². The largest absolute Gasteiger partial charge is 0.324 e. The third kappa shape index (κ3) is 4.09. The van der Waals surface area contributed by atoms with Crippen LogP contribution in [0.25, 0.3) is 16.5 Å². The number of pyridine rings is 1. The highest BCUT2D eigenvalue weighted by molar-refractivity contribution is 6.07. The maximum Gasteiger partial charge on any atom is 0.324 e. The molecule has 0 aliphatic rings. The second-order valence-electron chi connectivity index (χ2n) is 8.19. The molecule has 0 saturated carbocycles. The zero-order valence-electron chi connectivity index (χ0n) is 17.5. The monoisotopic (exact) mass is 410 g/mol. The number of carbonyl (C=O) groups excluding carboxylic acids is 1. The van der Waals surface area contributed by atoms with Crippen LogP contribution in [0.4, 0.5) is 16.3 Å². The van der Waals surface area contributed by atoms with Crippen LogP contribution in [0.1, 0.15) is 32.0 Å². The molecule has 4 aromatic rings. The normalized spacial score (nSPS) is 11.2. The van der Waals surface area contributed by atoms with E-state index in [0.29, 0.717) is 17.1 Å². The van der Waals surface area contributed by atoms with Crippen LogP contribution in [-0.2, 0) is 5.41 Å². The Morgan fingerprint density at radius 2 is 1.81 bits per heavy atom. The highest BCUT2D eigenvalue weighted by atomic mass is 16.2. The smallest absolute Gasteiger partial charge is 0.307 e. The van der Waals surface area contributed by atoms with E-state index in [1.807, 2.05) is 42.5 Å². The number of amides is 2. The van der Waals surface area contributed by atoms with E-state index in [2.05, 4.69) is 47.6 Å². The molecule has 4 rings (SSSR count). The molecule has 0 bridgehead atoms. The standard InChI is InChI=1S/C24H22N6O/c1-24(2,3)21-13-22(30(29-21)17-7-6-12-26-15-17)28-23(31)27-20-11-10-16(14-25)18-8-4-5-9-19(18)20/h4-13,15H,1-3H3,(H2,27,28,31). The lowest BCUT2D eigenvalue weighted by molar-refractivity contribution is 0.262. The summed E-state index contributed by atoms with van der Waals surface area (Å²) in [5, 5.41) is 21.4. The first-order valence-electron chi connectivity index (χ1n) is 9.87. The molecular formula is C24H22N6O. The number of hydrogen-bond acceptors (Lipinski definition) is 4. The van der Waals surface area contributed by atoms with Gasteiger partial charge in [-0.3, -0.25) is 10.3 Å². The molecule has 2 aromatic carbocycles. The van der Waals surface area contributed by atoms with Crippen molar-refractivity contribution in [3.8, 4) is 11.8 Å². The Morgan fingerprint density at radius 3 is 2.48 bits per heavy atom. The Balaban J connectivity index is 1.66. The van der Waals surface area contributed by atoms with E-state index < -0.39 is 6.03 Å². The predicted molar refractivity (Wildman–Crippen MR) is 121 cm³/mol. The van der Waals surface area contributed by atoms with Crippen LogP contribution in [-0.4, -0.2) is 20.8 Å². The van der Waals surface area contributed by atoms with Crippen LogP contribution in [0.5, 0.6) is 0 Å². The summed E-state index contributed by atoms with van der Waals surface area (Å²) >= 11 is 0.